The van der Waals surface area contributed by atoms with Crippen LogP contribution in [0.5, 0.6) is 0 Å². The van der Waals surface area contributed by atoms with E-state index in [2.05, 4.69) is 17.8 Å². The van der Waals surface area contributed by atoms with Crippen LogP contribution in [0.3, 0.4) is 0 Å². The van der Waals surface area contributed by atoms with Crippen LogP contribution in [-0.4, -0.2) is 16.2 Å². The maximum Gasteiger partial charge on any atom is 0.0694 e. The molecule has 0 aromatic rings. The Bertz CT molecular complexity index is 103. The molecule has 1 unspecified atom stereocenters. The summed E-state index contributed by atoms with van der Waals surface area (Å²) in [5.74, 6) is 0. The second kappa shape index (κ2) is 4.68. The molecule has 0 aliphatic heterocycles. The summed E-state index contributed by atoms with van der Waals surface area (Å²) in [4.78, 5) is 0. The van der Waals surface area contributed by atoms with Gasteiger partial charge in [0, 0.05) is 5.25 Å². The zero-order valence-electron chi connectivity index (χ0n) is 5.83. The summed E-state index contributed by atoms with van der Waals surface area (Å²) >= 11 is 4.19. The first-order valence-corrected chi connectivity index (χ1v) is 3.66. The molecule has 2 nitrogen and oxygen atoms in total. The summed E-state index contributed by atoms with van der Waals surface area (Å²) in [5, 5.41) is 11.6. The summed E-state index contributed by atoms with van der Waals surface area (Å²) in [6.45, 7) is 3.96. The largest absolute Gasteiger partial charge is 0.411 e. The third kappa shape index (κ3) is 2.75. The smallest absolute Gasteiger partial charge is 0.0694 e. The van der Waals surface area contributed by atoms with Crippen molar-refractivity contribution in [2.24, 2.45) is 5.16 Å². The predicted molar refractivity (Wildman–Crippen MR) is 42.6 cm³/mol. The lowest BCUT2D eigenvalue weighted by Crippen LogP contribution is -2.11. The van der Waals surface area contributed by atoms with Gasteiger partial charge in [0.1, 0.15) is 0 Å². The topological polar surface area (TPSA) is 32.6 Å². The molecule has 0 saturated carbocycles. The number of rotatable bonds is 3. The van der Waals surface area contributed by atoms with Crippen LogP contribution in [0.1, 0.15) is 26.7 Å². The molecule has 0 aliphatic carbocycles. The molecule has 0 radical (unpaired) electrons. The van der Waals surface area contributed by atoms with Gasteiger partial charge in [-0.15, -0.1) is 0 Å². The Morgan fingerprint density at radius 2 is 2.22 bits per heavy atom. The monoisotopic (exact) mass is 147 g/mol. The standard InChI is InChI=1S/C6H13NOS/c1-3-5(7-8)6(9)4-2/h6,8-9H,3-4H2,1-2H3/b7-5+. The van der Waals surface area contributed by atoms with Gasteiger partial charge in [-0.2, -0.15) is 12.6 Å². The van der Waals surface area contributed by atoms with E-state index in [4.69, 9.17) is 5.21 Å². The summed E-state index contributed by atoms with van der Waals surface area (Å²) in [5.41, 5.74) is 0.765. The van der Waals surface area contributed by atoms with Crippen molar-refractivity contribution < 1.29 is 5.21 Å². The van der Waals surface area contributed by atoms with Crippen molar-refractivity contribution in [2.45, 2.75) is 31.9 Å². The molecule has 0 saturated heterocycles. The van der Waals surface area contributed by atoms with Gasteiger partial charge in [0.2, 0.25) is 0 Å². The van der Waals surface area contributed by atoms with Crippen LogP contribution >= 0.6 is 12.6 Å². The second-order valence-electron chi connectivity index (χ2n) is 1.87. The molecule has 0 fully saturated rings. The van der Waals surface area contributed by atoms with Crippen LogP contribution in [-0.2, 0) is 0 Å². The highest BCUT2D eigenvalue weighted by Gasteiger charge is 2.05. The molecule has 0 amide bonds. The normalized spacial score (nSPS) is 15.7. The van der Waals surface area contributed by atoms with Crippen molar-refractivity contribution in [2.75, 3.05) is 0 Å². The zero-order chi connectivity index (χ0) is 7.28. The van der Waals surface area contributed by atoms with Crippen LogP contribution in [0.4, 0.5) is 0 Å². The number of hydrogen-bond donors (Lipinski definition) is 2. The third-order valence-electron chi connectivity index (χ3n) is 1.26. The molecule has 54 valence electrons. The highest BCUT2D eigenvalue weighted by Crippen LogP contribution is 2.05. The summed E-state index contributed by atoms with van der Waals surface area (Å²) in [6.07, 6.45) is 1.69. The third-order valence-corrected chi connectivity index (χ3v) is 1.93. The predicted octanol–water partition coefficient (Wildman–Crippen LogP) is 1.94. The van der Waals surface area contributed by atoms with E-state index in [9.17, 15) is 0 Å². The average molecular weight is 147 g/mol. The van der Waals surface area contributed by atoms with Crippen molar-refractivity contribution >= 4 is 18.3 Å². The molecule has 3 heteroatoms. The van der Waals surface area contributed by atoms with Gasteiger partial charge in [-0.3, -0.25) is 0 Å². The van der Waals surface area contributed by atoms with Crippen LogP contribution in [0.2, 0.25) is 0 Å². The Hall–Kier alpha value is -0.180. The average Bonchev–Trinajstić information content (AvgIpc) is 1.90. The lowest BCUT2D eigenvalue weighted by molar-refractivity contribution is 0.316. The summed E-state index contributed by atoms with van der Waals surface area (Å²) in [6, 6.07) is 0. The lowest BCUT2D eigenvalue weighted by Gasteiger charge is -2.05. The Morgan fingerprint density at radius 1 is 1.67 bits per heavy atom. The molecule has 0 rings (SSSR count). The summed E-state index contributed by atoms with van der Waals surface area (Å²) < 4.78 is 0. The quantitative estimate of drug-likeness (QED) is 0.272. The Kier molecular flexibility index (Phi) is 4.58. The molecular weight excluding hydrogens is 134 g/mol. The maximum absolute atomic E-state index is 8.37. The van der Waals surface area contributed by atoms with Gasteiger partial charge in [0.05, 0.1) is 5.71 Å². The first-order valence-electron chi connectivity index (χ1n) is 3.15. The number of hydrogen-bond acceptors (Lipinski definition) is 3. The Balaban J connectivity index is 3.80. The number of nitrogens with zero attached hydrogens (tertiary/aromatic N) is 1. The molecular formula is C6H13NOS. The fourth-order valence-corrected chi connectivity index (χ4v) is 0.843. The minimum absolute atomic E-state index is 0.125. The second-order valence-corrected chi connectivity index (χ2v) is 2.49. The van der Waals surface area contributed by atoms with E-state index in [0.29, 0.717) is 0 Å². The van der Waals surface area contributed by atoms with Crippen LogP contribution < -0.4 is 0 Å². The Morgan fingerprint density at radius 3 is 2.33 bits per heavy atom. The van der Waals surface area contributed by atoms with Crippen molar-refractivity contribution in [1.82, 2.24) is 0 Å². The van der Waals surface area contributed by atoms with E-state index in [1.54, 1.807) is 0 Å². The Labute approximate surface area is 61.4 Å². The molecule has 0 bridgehead atoms. The van der Waals surface area contributed by atoms with E-state index >= 15 is 0 Å². The van der Waals surface area contributed by atoms with Crippen LogP contribution in [0.25, 0.3) is 0 Å². The first-order chi connectivity index (χ1) is 4.26. The lowest BCUT2D eigenvalue weighted by atomic mass is 10.2. The van der Waals surface area contributed by atoms with Crippen molar-refractivity contribution in [1.29, 1.82) is 0 Å². The van der Waals surface area contributed by atoms with E-state index in [0.717, 1.165) is 18.6 Å². The SMILES string of the molecule is CC/C(=N\O)C(S)CC. The molecule has 1 atom stereocenters. The zero-order valence-corrected chi connectivity index (χ0v) is 6.73. The first kappa shape index (κ1) is 8.82. The highest BCUT2D eigenvalue weighted by atomic mass is 32.1. The molecule has 1 N–H and O–H groups in total. The number of oxime groups is 1. The van der Waals surface area contributed by atoms with E-state index in [-0.39, 0.29) is 5.25 Å². The molecule has 0 spiro atoms. The minimum Gasteiger partial charge on any atom is -0.411 e. The van der Waals surface area contributed by atoms with Gasteiger partial charge in [-0.05, 0) is 12.8 Å². The molecule has 0 aliphatic rings. The van der Waals surface area contributed by atoms with Crippen molar-refractivity contribution in [3.8, 4) is 0 Å². The molecule has 0 heterocycles. The fraction of sp³-hybridized carbons (Fsp3) is 0.833. The van der Waals surface area contributed by atoms with Crippen LogP contribution in [0.15, 0.2) is 5.16 Å². The van der Waals surface area contributed by atoms with Gasteiger partial charge >= 0.3 is 0 Å². The maximum atomic E-state index is 8.37. The number of thiol groups is 1. The fourth-order valence-electron chi connectivity index (χ4n) is 0.609. The van der Waals surface area contributed by atoms with Gasteiger partial charge in [-0.25, -0.2) is 0 Å². The van der Waals surface area contributed by atoms with Gasteiger partial charge in [-0.1, -0.05) is 19.0 Å². The molecule has 0 aromatic heterocycles. The van der Waals surface area contributed by atoms with E-state index in [1.807, 2.05) is 13.8 Å². The van der Waals surface area contributed by atoms with Crippen molar-refractivity contribution in [3.05, 3.63) is 0 Å². The summed E-state index contributed by atoms with van der Waals surface area (Å²) in [7, 11) is 0. The van der Waals surface area contributed by atoms with Crippen LogP contribution in [0, 0.1) is 0 Å². The van der Waals surface area contributed by atoms with Gasteiger partial charge in [0.25, 0.3) is 0 Å². The van der Waals surface area contributed by atoms with Gasteiger partial charge < -0.3 is 5.21 Å². The highest BCUT2D eigenvalue weighted by molar-refractivity contribution is 7.81. The van der Waals surface area contributed by atoms with Gasteiger partial charge in [0.15, 0.2) is 0 Å². The van der Waals surface area contributed by atoms with E-state index < -0.39 is 0 Å². The molecule has 9 heavy (non-hydrogen) atoms. The van der Waals surface area contributed by atoms with Crippen molar-refractivity contribution in [3.63, 3.8) is 0 Å². The molecule has 0 aromatic carbocycles. The minimum atomic E-state index is 0.125. The van der Waals surface area contributed by atoms with E-state index in [1.165, 1.54) is 0 Å².